The number of carbonyl (C=O) groups is 2. The summed E-state index contributed by atoms with van der Waals surface area (Å²) in [5.74, 6) is 0.450. The van der Waals surface area contributed by atoms with Crippen LogP contribution >= 0.6 is 15.9 Å². The van der Waals surface area contributed by atoms with Crippen molar-refractivity contribution in [3.8, 4) is 5.75 Å². The van der Waals surface area contributed by atoms with Crippen molar-refractivity contribution in [1.29, 1.82) is 0 Å². The summed E-state index contributed by atoms with van der Waals surface area (Å²) in [5, 5.41) is 6.41. The first-order valence-electron chi connectivity index (χ1n) is 10.5. The second kappa shape index (κ2) is 10.6. The Kier molecular flexibility index (Phi) is 7.86. The number of carbonyl (C=O) groups excluding carboxylic acids is 2. The van der Waals surface area contributed by atoms with Gasteiger partial charge in [0.2, 0.25) is 5.91 Å². The second-order valence-electron chi connectivity index (χ2n) is 8.43. The van der Waals surface area contributed by atoms with Crippen molar-refractivity contribution in [1.82, 2.24) is 9.97 Å². The van der Waals surface area contributed by atoms with E-state index in [0.29, 0.717) is 30.2 Å². The van der Waals surface area contributed by atoms with Crippen molar-refractivity contribution < 1.29 is 19.1 Å². The number of rotatable bonds is 7. The summed E-state index contributed by atoms with van der Waals surface area (Å²) in [6, 6.07) is 10.8. The summed E-state index contributed by atoms with van der Waals surface area (Å²) in [4.78, 5) is 33.1. The van der Waals surface area contributed by atoms with Crippen LogP contribution in [-0.2, 0) is 9.53 Å². The third kappa shape index (κ3) is 7.15. The van der Waals surface area contributed by atoms with Gasteiger partial charge in [-0.2, -0.15) is 0 Å². The number of aryl methyl sites for hydroxylation is 1. The average molecular weight is 515 g/mol. The molecule has 2 N–H and O–H groups in total. The molecule has 0 aliphatic heterocycles. The number of ether oxygens (including phenoxy) is 2. The molecular formula is C24H27BrN4O4. The van der Waals surface area contributed by atoms with E-state index in [2.05, 4.69) is 36.5 Å². The molecular weight excluding hydrogens is 488 g/mol. The Labute approximate surface area is 201 Å². The Hall–Kier alpha value is -3.20. The maximum atomic E-state index is 12.5. The Morgan fingerprint density at radius 1 is 1.06 bits per heavy atom. The van der Waals surface area contributed by atoms with Crippen LogP contribution in [0.15, 0.2) is 47.2 Å². The molecule has 0 saturated heterocycles. The Bertz CT molecular complexity index is 1160. The Morgan fingerprint density at radius 2 is 1.76 bits per heavy atom. The lowest BCUT2D eigenvalue weighted by molar-refractivity contribution is -0.116. The summed E-state index contributed by atoms with van der Waals surface area (Å²) in [6.45, 7) is 7.62. The quantitative estimate of drug-likeness (QED) is 0.383. The molecule has 33 heavy (non-hydrogen) atoms. The van der Waals surface area contributed by atoms with Gasteiger partial charge < -0.3 is 14.8 Å². The molecule has 2 aromatic carbocycles. The van der Waals surface area contributed by atoms with Gasteiger partial charge in [-0.05, 0) is 58.4 Å². The Balaban J connectivity index is 1.55. The molecule has 8 nitrogen and oxygen atoms in total. The number of hydrogen-bond donors (Lipinski definition) is 2. The molecule has 0 aliphatic carbocycles. The van der Waals surface area contributed by atoms with E-state index >= 15 is 0 Å². The van der Waals surface area contributed by atoms with Gasteiger partial charge in [0.05, 0.1) is 18.0 Å². The van der Waals surface area contributed by atoms with Crippen molar-refractivity contribution in [2.45, 2.75) is 46.1 Å². The molecule has 1 heterocycles. The molecule has 1 aromatic heterocycles. The topological polar surface area (TPSA) is 102 Å². The molecule has 3 rings (SSSR count). The number of para-hydroxylation sites is 2. The summed E-state index contributed by atoms with van der Waals surface area (Å²) < 4.78 is 12.1. The maximum absolute atomic E-state index is 12.5. The first kappa shape index (κ1) is 24.4. The molecule has 174 valence electrons. The van der Waals surface area contributed by atoms with Crippen LogP contribution in [0.25, 0.3) is 10.9 Å². The van der Waals surface area contributed by atoms with Crippen LogP contribution in [0.3, 0.4) is 0 Å². The van der Waals surface area contributed by atoms with Crippen LogP contribution in [0.4, 0.5) is 16.2 Å². The molecule has 0 atom stereocenters. The van der Waals surface area contributed by atoms with Gasteiger partial charge in [0.15, 0.2) is 0 Å². The molecule has 0 fully saturated rings. The highest BCUT2D eigenvalue weighted by atomic mass is 79.9. The average Bonchev–Trinajstić information content (AvgIpc) is 2.72. The fraction of sp³-hybridized carbons (Fsp3) is 0.333. The minimum atomic E-state index is -0.618. The van der Waals surface area contributed by atoms with E-state index in [1.807, 2.05) is 19.1 Å². The monoisotopic (exact) mass is 514 g/mol. The first-order valence-corrected chi connectivity index (χ1v) is 11.3. The van der Waals surface area contributed by atoms with Crippen molar-refractivity contribution in [2.75, 3.05) is 17.2 Å². The molecule has 0 saturated carbocycles. The molecule has 2 amide bonds. The predicted octanol–water partition coefficient (Wildman–Crippen LogP) is 5.85. The SMILES string of the molecule is Cc1ncnc2c(OCCCC(=O)Nc3ccccc3NC(=O)OC(C)(C)C)cc(Br)cc12. The van der Waals surface area contributed by atoms with Gasteiger partial charge in [0.1, 0.15) is 23.2 Å². The zero-order chi connectivity index (χ0) is 24.0. The van der Waals surface area contributed by atoms with E-state index in [-0.39, 0.29) is 12.3 Å². The highest BCUT2D eigenvalue weighted by Gasteiger charge is 2.17. The highest BCUT2D eigenvalue weighted by molar-refractivity contribution is 9.10. The van der Waals surface area contributed by atoms with Gasteiger partial charge in [-0.25, -0.2) is 14.8 Å². The minimum Gasteiger partial charge on any atom is -0.491 e. The molecule has 9 heteroatoms. The van der Waals surface area contributed by atoms with Gasteiger partial charge >= 0.3 is 6.09 Å². The predicted molar refractivity (Wildman–Crippen MR) is 132 cm³/mol. The van der Waals surface area contributed by atoms with Gasteiger partial charge in [-0.1, -0.05) is 28.1 Å². The molecule has 0 aliphatic rings. The fourth-order valence-electron chi connectivity index (χ4n) is 3.08. The van der Waals surface area contributed by atoms with E-state index in [9.17, 15) is 9.59 Å². The Morgan fingerprint density at radius 3 is 2.45 bits per heavy atom. The number of aromatic nitrogens is 2. The van der Waals surface area contributed by atoms with E-state index in [1.165, 1.54) is 6.33 Å². The lowest BCUT2D eigenvalue weighted by Gasteiger charge is -2.20. The molecule has 0 spiro atoms. The van der Waals surface area contributed by atoms with Crippen molar-refractivity contribution in [3.63, 3.8) is 0 Å². The standard InChI is InChI=1S/C24H27BrN4O4/c1-15-17-12-16(25)13-20(22(17)27-14-26-15)32-11-7-10-21(30)28-18-8-5-6-9-19(18)29-23(31)33-24(2,3)4/h5-6,8-9,12-14H,7,10-11H2,1-4H3,(H,28,30)(H,29,31). The van der Waals surface area contributed by atoms with Gasteiger partial charge in [0.25, 0.3) is 0 Å². The molecule has 0 bridgehead atoms. The third-order valence-corrected chi connectivity index (χ3v) is 4.97. The lowest BCUT2D eigenvalue weighted by atomic mass is 10.2. The number of fused-ring (bicyclic) bond motifs is 1. The molecule has 0 unspecified atom stereocenters. The van der Waals surface area contributed by atoms with Crippen LogP contribution in [0.5, 0.6) is 5.75 Å². The van der Waals surface area contributed by atoms with Gasteiger partial charge in [-0.15, -0.1) is 0 Å². The number of nitrogens with one attached hydrogen (secondary N) is 2. The van der Waals surface area contributed by atoms with Crippen LogP contribution in [0.1, 0.15) is 39.3 Å². The minimum absolute atomic E-state index is 0.186. The number of benzene rings is 2. The van der Waals surface area contributed by atoms with Crippen LogP contribution < -0.4 is 15.4 Å². The van der Waals surface area contributed by atoms with Crippen molar-refractivity contribution in [2.24, 2.45) is 0 Å². The van der Waals surface area contributed by atoms with Gasteiger partial charge in [0, 0.05) is 22.0 Å². The largest absolute Gasteiger partial charge is 0.491 e. The van der Waals surface area contributed by atoms with E-state index in [1.54, 1.807) is 45.0 Å². The number of nitrogens with zero attached hydrogens (tertiary/aromatic N) is 2. The van der Waals surface area contributed by atoms with Crippen LogP contribution in [-0.4, -0.2) is 34.2 Å². The van der Waals surface area contributed by atoms with E-state index in [0.717, 1.165) is 21.1 Å². The zero-order valence-electron chi connectivity index (χ0n) is 19.1. The highest BCUT2D eigenvalue weighted by Crippen LogP contribution is 2.30. The first-order chi connectivity index (χ1) is 15.6. The second-order valence-corrected chi connectivity index (χ2v) is 9.35. The summed E-state index contributed by atoms with van der Waals surface area (Å²) in [5.41, 5.74) is 1.94. The van der Waals surface area contributed by atoms with Gasteiger partial charge in [-0.3, -0.25) is 10.1 Å². The third-order valence-electron chi connectivity index (χ3n) is 4.51. The van der Waals surface area contributed by atoms with E-state index < -0.39 is 11.7 Å². The van der Waals surface area contributed by atoms with Crippen molar-refractivity contribution in [3.05, 3.63) is 52.9 Å². The number of hydrogen-bond acceptors (Lipinski definition) is 6. The van der Waals surface area contributed by atoms with Crippen LogP contribution in [0.2, 0.25) is 0 Å². The molecule has 0 radical (unpaired) electrons. The number of anilines is 2. The molecule has 3 aromatic rings. The summed E-state index contributed by atoms with van der Waals surface area (Å²) in [7, 11) is 0. The normalized spacial score (nSPS) is 11.2. The number of halogens is 1. The van der Waals surface area contributed by atoms with Crippen LogP contribution in [0, 0.1) is 6.92 Å². The summed E-state index contributed by atoms with van der Waals surface area (Å²) >= 11 is 3.49. The maximum Gasteiger partial charge on any atom is 0.412 e. The van der Waals surface area contributed by atoms with E-state index in [4.69, 9.17) is 9.47 Å². The fourth-order valence-corrected chi connectivity index (χ4v) is 3.52. The van der Waals surface area contributed by atoms with Crippen molar-refractivity contribution >= 4 is 50.2 Å². The zero-order valence-corrected chi connectivity index (χ0v) is 20.7. The summed E-state index contributed by atoms with van der Waals surface area (Å²) in [6.07, 6.45) is 1.68. The number of amides is 2. The lowest BCUT2D eigenvalue weighted by Crippen LogP contribution is -2.27. The smallest absolute Gasteiger partial charge is 0.412 e.